The van der Waals surface area contributed by atoms with Crippen molar-refractivity contribution in [1.29, 1.82) is 0 Å². The molecule has 28 heavy (non-hydrogen) atoms. The maximum atomic E-state index is 10.5. The van der Waals surface area contributed by atoms with Crippen LogP contribution in [0, 0.1) is 0 Å². The van der Waals surface area contributed by atoms with Gasteiger partial charge in [0, 0.05) is 36.9 Å². The summed E-state index contributed by atoms with van der Waals surface area (Å²) in [5, 5.41) is 5.00. The number of ether oxygens (including phenoxy) is 1. The van der Waals surface area contributed by atoms with Crippen LogP contribution in [0.5, 0.6) is 0 Å². The van der Waals surface area contributed by atoms with E-state index < -0.39 is 11.2 Å². The molecule has 1 atom stereocenters. The lowest BCUT2D eigenvalue weighted by Gasteiger charge is -2.38. The predicted octanol–water partition coefficient (Wildman–Crippen LogP) is 3.14. The maximum absolute atomic E-state index is 10.5. The van der Waals surface area contributed by atoms with Crippen molar-refractivity contribution < 1.29 is 14.4 Å². The van der Waals surface area contributed by atoms with Crippen molar-refractivity contribution in [2.24, 2.45) is 10.1 Å². The zero-order chi connectivity index (χ0) is 20.2. The number of aliphatic imine (C=N–C) groups is 1. The first-order valence-corrected chi connectivity index (χ1v) is 9.32. The maximum Gasteiger partial charge on any atom is 0.173 e. The Morgan fingerprint density at radius 2 is 2.07 bits per heavy atom. The number of nitrogens with zero attached hydrogens (tertiary/aromatic N) is 4. The molecule has 148 valence electrons. The molecule has 0 N–H and O–H groups in total. The summed E-state index contributed by atoms with van der Waals surface area (Å²) >= 11 is 6.04. The van der Waals surface area contributed by atoms with Gasteiger partial charge in [-0.3, -0.25) is 4.99 Å². The van der Waals surface area contributed by atoms with Crippen LogP contribution >= 0.6 is 11.6 Å². The molecule has 0 amide bonds. The van der Waals surface area contributed by atoms with Crippen molar-refractivity contribution in [3.05, 3.63) is 53.1 Å². The van der Waals surface area contributed by atoms with Gasteiger partial charge in [0.2, 0.25) is 0 Å². The van der Waals surface area contributed by atoms with Crippen molar-refractivity contribution in [2.75, 3.05) is 13.7 Å². The van der Waals surface area contributed by atoms with E-state index in [1.165, 1.54) is 0 Å². The molecule has 3 rings (SSSR count). The molecule has 0 spiro atoms. The van der Waals surface area contributed by atoms with Gasteiger partial charge in [0.15, 0.2) is 11.2 Å². The van der Waals surface area contributed by atoms with E-state index in [4.69, 9.17) is 21.2 Å². The van der Waals surface area contributed by atoms with Gasteiger partial charge in [-0.1, -0.05) is 28.9 Å². The van der Waals surface area contributed by atoms with E-state index >= 15 is 0 Å². The van der Waals surface area contributed by atoms with Gasteiger partial charge in [-0.2, -0.15) is 0 Å². The monoisotopic (exact) mass is 402 g/mol. The number of rotatable bonds is 8. The van der Waals surface area contributed by atoms with Crippen LogP contribution in [0.3, 0.4) is 0 Å². The summed E-state index contributed by atoms with van der Waals surface area (Å²) in [6.45, 7) is 4.75. The van der Waals surface area contributed by atoms with E-state index in [-0.39, 0.29) is 0 Å². The number of oxime groups is 1. The third kappa shape index (κ3) is 3.72. The van der Waals surface area contributed by atoms with Crippen molar-refractivity contribution in [3.63, 3.8) is 0 Å². The minimum atomic E-state index is -0.854. The van der Waals surface area contributed by atoms with Crippen molar-refractivity contribution in [1.82, 2.24) is 9.55 Å². The molecule has 7 nitrogen and oxygen atoms in total. The van der Waals surface area contributed by atoms with E-state index in [1.807, 2.05) is 42.7 Å². The van der Waals surface area contributed by atoms with Gasteiger partial charge >= 0.3 is 0 Å². The van der Waals surface area contributed by atoms with E-state index in [1.54, 1.807) is 25.8 Å². The third-order valence-corrected chi connectivity index (χ3v) is 5.18. The molecule has 0 fully saturated rings. The lowest BCUT2D eigenvalue weighted by Crippen LogP contribution is -2.57. The second-order valence-electron chi connectivity index (χ2n) is 7.02. The Hall–Kier alpha value is -2.51. The number of imidazole rings is 1. The van der Waals surface area contributed by atoms with Crippen LogP contribution in [0.25, 0.3) is 0 Å². The van der Waals surface area contributed by atoms with Crippen LogP contribution in [0.15, 0.2) is 46.9 Å². The summed E-state index contributed by atoms with van der Waals surface area (Å²) in [6.07, 6.45) is 6.38. The fourth-order valence-electron chi connectivity index (χ4n) is 3.25. The average Bonchev–Trinajstić information content (AvgIpc) is 3.22. The Kier molecular flexibility index (Phi) is 5.96. The van der Waals surface area contributed by atoms with Crippen molar-refractivity contribution in [3.8, 4) is 0 Å². The number of hydrogen-bond acceptors (Lipinski definition) is 6. The average molecular weight is 403 g/mol. The van der Waals surface area contributed by atoms with Crippen LogP contribution in [-0.2, 0) is 20.9 Å². The zero-order valence-corrected chi connectivity index (χ0v) is 16.9. The normalized spacial score (nSPS) is 20.9. The van der Waals surface area contributed by atoms with E-state index in [9.17, 15) is 4.79 Å². The highest BCUT2D eigenvalue weighted by Crippen LogP contribution is 2.40. The Bertz CT molecular complexity index is 889. The van der Waals surface area contributed by atoms with Gasteiger partial charge in [0.1, 0.15) is 12.0 Å². The van der Waals surface area contributed by atoms with Crippen LogP contribution in [0.2, 0.25) is 5.02 Å². The highest BCUT2D eigenvalue weighted by atomic mass is 35.5. The lowest BCUT2D eigenvalue weighted by molar-refractivity contribution is -0.126. The number of carbonyl (C=O) groups excluding carboxylic acids is 1. The van der Waals surface area contributed by atoms with Crippen molar-refractivity contribution >= 4 is 29.8 Å². The molecule has 1 aliphatic rings. The van der Waals surface area contributed by atoms with E-state index in [0.29, 0.717) is 30.2 Å². The molecule has 0 aliphatic carbocycles. The Morgan fingerprint density at radius 3 is 2.75 bits per heavy atom. The van der Waals surface area contributed by atoms with Gasteiger partial charge in [-0.25, -0.2) is 4.98 Å². The molecule has 1 aromatic heterocycles. The minimum absolute atomic E-state index is 0.390. The summed E-state index contributed by atoms with van der Waals surface area (Å²) in [4.78, 5) is 24.7. The first-order chi connectivity index (χ1) is 13.4. The molecule has 0 radical (unpaired) electrons. The molecule has 1 unspecified atom stereocenters. The first-order valence-electron chi connectivity index (χ1n) is 8.95. The molecule has 2 heterocycles. The minimum Gasteiger partial charge on any atom is -0.386 e. The molecular weight excluding hydrogens is 380 g/mol. The van der Waals surface area contributed by atoms with Gasteiger partial charge in [-0.05, 0) is 26.0 Å². The standard InChI is InChI=1S/C20H23ClN4O3/c1-19(2)20(27-3,18(24-28-19)15-5-7-16(21)8-6-15)13-25-14-23-12-17(25)11-22-9-4-10-26/h5-8,10-12,14H,4,9,13H2,1-3H3. The second-order valence-corrected chi connectivity index (χ2v) is 7.45. The molecule has 0 bridgehead atoms. The molecule has 1 aliphatic heterocycles. The van der Waals surface area contributed by atoms with Crippen LogP contribution < -0.4 is 0 Å². The fraction of sp³-hybridized carbons (Fsp3) is 0.400. The van der Waals surface area contributed by atoms with E-state index in [2.05, 4.69) is 15.1 Å². The summed E-state index contributed by atoms with van der Waals surface area (Å²) in [7, 11) is 1.65. The number of aromatic nitrogens is 2. The summed E-state index contributed by atoms with van der Waals surface area (Å²) < 4.78 is 7.99. The molecule has 8 heteroatoms. The lowest BCUT2D eigenvalue weighted by atomic mass is 9.79. The van der Waals surface area contributed by atoms with Gasteiger partial charge in [0.25, 0.3) is 0 Å². The van der Waals surface area contributed by atoms with Gasteiger partial charge in [-0.15, -0.1) is 0 Å². The largest absolute Gasteiger partial charge is 0.386 e. The second kappa shape index (κ2) is 8.24. The Morgan fingerprint density at radius 1 is 1.32 bits per heavy atom. The summed E-state index contributed by atoms with van der Waals surface area (Å²) in [5.74, 6) is 0. The van der Waals surface area contributed by atoms with Crippen LogP contribution in [-0.4, -0.2) is 52.6 Å². The molecule has 0 saturated carbocycles. The van der Waals surface area contributed by atoms with Gasteiger partial charge in [0.05, 0.1) is 24.8 Å². The van der Waals surface area contributed by atoms with Crippen LogP contribution in [0.4, 0.5) is 0 Å². The number of aldehydes is 1. The fourth-order valence-corrected chi connectivity index (χ4v) is 3.38. The number of hydrogen-bond donors (Lipinski definition) is 0. The quantitative estimate of drug-likeness (QED) is 0.386. The number of carbonyl (C=O) groups is 1. The third-order valence-electron chi connectivity index (χ3n) is 4.92. The number of benzene rings is 1. The van der Waals surface area contributed by atoms with Crippen LogP contribution in [0.1, 0.15) is 31.5 Å². The SMILES string of the molecule is COC1(Cn2cncc2C=NCCC=O)C(c2ccc(Cl)cc2)=NOC1(C)C. The summed E-state index contributed by atoms with van der Waals surface area (Å²) in [6, 6.07) is 7.42. The van der Waals surface area contributed by atoms with E-state index in [0.717, 1.165) is 17.5 Å². The Labute approximate surface area is 169 Å². The summed E-state index contributed by atoms with van der Waals surface area (Å²) in [5.41, 5.74) is 0.799. The molecular formula is C20H23ClN4O3. The predicted molar refractivity (Wildman–Crippen MR) is 108 cm³/mol. The topological polar surface area (TPSA) is 78.1 Å². The smallest absolute Gasteiger partial charge is 0.173 e. The first kappa shape index (κ1) is 20.2. The molecule has 1 aromatic carbocycles. The number of halogens is 1. The highest BCUT2D eigenvalue weighted by Gasteiger charge is 2.57. The number of methoxy groups -OCH3 is 1. The zero-order valence-electron chi connectivity index (χ0n) is 16.1. The Balaban J connectivity index is 1.95. The highest BCUT2D eigenvalue weighted by molar-refractivity contribution is 6.30. The molecule has 0 saturated heterocycles. The van der Waals surface area contributed by atoms with Gasteiger partial charge < -0.3 is 18.9 Å². The van der Waals surface area contributed by atoms with Crippen molar-refractivity contribution in [2.45, 2.75) is 38.0 Å². The molecule has 2 aromatic rings.